The number of amides is 3. The predicted molar refractivity (Wildman–Crippen MR) is 95.8 cm³/mol. The molecule has 3 amide bonds. The number of nitrogens with zero attached hydrogens (tertiary/aromatic N) is 1. The highest BCUT2D eigenvalue weighted by Gasteiger charge is 2.31. The van der Waals surface area contributed by atoms with Crippen molar-refractivity contribution in [3.05, 3.63) is 58.3 Å². The number of carbonyl (C=O) groups excluding carboxylic acids is 2. The van der Waals surface area contributed by atoms with E-state index < -0.39 is 6.03 Å². The molecule has 1 saturated heterocycles. The van der Waals surface area contributed by atoms with Crippen LogP contribution in [0, 0.1) is 5.82 Å². The summed E-state index contributed by atoms with van der Waals surface area (Å²) in [4.78, 5) is 25.8. The van der Waals surface area contributed by atoms with E-state index in [1.54, 1.807) is 18.2 Å². The third-order valence-electron chi connectivity index (χ3n) is 3.80. The first-order valence-corrected chi connectivity index (χ1v) is 8.27. The highest BCUT2D eigenvalue weighted by Crippen LogP contribution is 2.29. The third kappa shape index (κ3) is 4.03. The van der Waals surface area contributed by atoms with Crippen LogP contribution in [0.1, 0.15) is 6.42 Å². The van der Waals surface area contributed by atoms with Crippen molar-refractivity contribution in [3.63, 3.8) is 0 Å². The average molecular weight is 382 g/mol. The number of hydrogen-bond donors (Lipinski definition) is 2. The van der Waals surface area contributed by atoms with Crippen molar-refractivity contribution in [1.82, 2.24) is 5.32 Å². The number of nitrogens with one attached hydrogen (secondary N) is 2. The predicted octanol–water partition coefficient (Wildman–Crippen LogP) is 4.06. The Bertz CT molecular complexity index is 814. The molecule has 0 saturated carbocycles. The summed E-state index contributed by atoms with van der Waals surface area (Å²) in [5, 5.41) is 5.91. The van der Waals surface area contributed by atoms with Crippen LogP contribution in [0.4, 0.5) is 20.6 Å². The van der Waals surface area contributed by atoms with Crippen LogP contribution in [0.3, 0.4) is 0 Å². The van der Waals surface area contributed by atoms with Gasteiger partial charge in [0.15, 0.2) is 0 Å². The number of halogens is 3. The highest BCUT2D eigenvalue weighted by molar-refractivity contribution is 6.43. The molecule has 25 heavy (non-hydrogen) atoms. The Balaban J connectivity index is 1.62. The molecule has 130 valence electrons. The van der Waals surface area contributed by atoms with E-state index in [2.05, 4.69) is 10.6 Å². The zero-order valence-corrected chi connectivity index (χ0v) is 14.4. The molecule has 2 N–H and O–H groups in total. The van der Waals surface area contributed by atoms with Gasteiger partial charge >= 0.3 is 6.03 Å². The Morgan fingerprint density at radius 3 is 2.60 bits per heavy atom. The number of urea groups is 1. The summed E-state index contributed by atoms with van der Waals surface area (Å²) >= 11 is 11.9. The van der Waals surface area contributed by atoms with E-state index in [0.717, 1.165) is 0 Å². The van der Waals surface area contributed by atoms with Crippen LogP contribution in [0.15, 0.2) is 42.5 Å². The molecule has 0 radical (unpaired) electrons. The van der Waals surface area contributed by atoms with E-state index in [1.165, 1.54) is 29.2 Å². The van der Waals surface area contributed by atoms with Crippen LogP contribution in [-0.2, 0) is 4.79 Å². The van der Waals surface area contributed by atoms with Crippen molar-refractivity contribution in [3.8, 4) is 0 Å². The number of rotatable bonds is 3. The number of anilines is 2. The van der Waals surface area contributed by atoms with E-state index in [4.69, 9.17) is 23.2 Å². The zero-order valence-electron chi connectivity index (χ0n) is 12.9. The highest BCUT2D eigenvalue weighted by atomic mass is 35.5. The monoisotopic (exact) mass is 381 g/mol. The normalized spacial score (nSPS) is 16.8. The van der Waals surface area contributed by atoms with E-state index in [-0.39, 0.29) is 29.2 Å². The lowest BCUT2D eigenvalue weighted by Gasteiger charge is -2.17. The molecular formula is C17H14Cl2FN3O2. The van der Waals surface area contributed by atoms with Gasteiger partial charge in [-0.3, -0.25) is 4.79 Å². The molecule has 1 heterocycles. The first kappa shape index (κ1) is 17.5. The van der Waals surface area contributed by atoms with Crippen LogP contribution in [0.2, 0.25) is 10.0 Å². The second kappa shape index (κ2) is 7.29. The molecule has 0 aliphatic carbocycles. The summed E-state index contributed by atoms with van der Waals surface area (Å²) in [5.41, 5.74) is 0.973. The first-order valence-electron chi connectivity index (χ1n) is 7.51. The summed E-state index contributed by atoms with van der Waals surface area (Å²) < 4.78 is 13.0. The smallest absolute Gasteiger partial charge is 0.319 e. The summed E-state index contributed by atoms with van der Waals surface area (Å²) in [7, 11) is 0. The molecule has 5 nitrogen and oxygen atoms in total. The quantitative estimate of drug-likeness (QED) is 0.841. The van der Waals surface area contributed by atoms with Gasteiger partial charge in [-0.15, -0.1) is 0 Å². The fourth-order valence-electron chi connectivity index (χ4n) is 2.62. The van der Waals surface area contributed by atoms with Crippen molar-refractivity contribution in [2.75, 3.05) is 16.8 Å². The lowest BCUT2D eigenvalue weighted by Crippen LogP contribution is -2.39. The van der Waals surface area contributed by atoms with Crippen LogP contribution < -0.4 is 15.5 Å². The molecule has 8 heteroatoms. The minimum atomic E-state index is -0.483. The van der Waals surface area contributed by atoms with Crippen LogP contribution in [0.5, 0.6) is 0 Å². The SMILES string of the molecule is O=C(Nc1cccc(Cl)c1Cl)NC1CC(=O)N(c2ccc(F)cc2)C1. The molecule has 1 aliphatic rings. The van der Waals surface area contributed by atoms with Crippen molar-refractivity contribution >= 4 is 46.5 Å². The van der Waals surface area contributed by atoms with Crippen LogP contribution in [0.25, 0.3) is 0 Å². The fourth-order valence-corrected chi connectivity index (χ4v) is 2.97. The summed E-state index contributed by atoms with van der Waals surface area (Å²) in [5.74, 6) is -0.513. The molecule has 1 atom stereocenters. The zero-order chi connectivity index (χ0) is 18.0. The van der Waals surface area contributed by atoms with Crippen molar-refractivity contribution in [2.45, 2.75) is 12.5 Å². The Labute approximate surface area is 153 Å². The van der Waals surface area contributed by atoms with Gasteiger partial charge in [0.1, 0.15) is 5.82 Å². The Morgan fingerprint density at radius 1 is 1.16 bits per heavy atom. The molecule has 1 unspecified atom stereocenters. The van der Waals surface area contributed by atoms with Crippen molar-refractivity contribution in [2.24, 2.45) is 0 Å². The van der Waals surface area contributed by atoms with E-state index in [0.29, 0.717) is 22.9 Å². The second-order valence-electron chi connectivity index (χ2n) is 5.58. The van der Waals surface area contributed by atoms with Crippen LogP contribution >= 0.6 is 23.2 Å². The van der Waals surface area contributed by atoms with Gasteiger partial charge in [0, 0.05) is 18.7 Å². The van der Waals surface area contributed by atoms with Crippen molar-refractivity contribution in [1.29, 1.82) is 0 Å². The molecule has 2 aromatic rings. The Kier molecular flexibility index (Phi) is 5.11. The lowest BCUT2D eigenvalue weighted by atomic mass is 10.2. The van der Waals surface area contributed by atoms with Gasteiger partial charge < -0.3 is 15.5 Å². The van der Waals surface area contributed by atoms with Gasteiger partial charge in [0.25, 0.3) is 0 Å². The molecular weight excluding hydrogens is 368 g/mol. The van der Waals surface area contributed by atoms with E-state index in [1.807, 2.05) is 0 Å². The first-order chi connectivity index (χ1) is 11.9. The standard InChI is InChI=1S/C17H14Cl2FN3O2/c18-13-2-1-3-14(16(13)19)22-17(25)21-11-8-15(24)23(9-11)12-6-4-10(20)5-7-12/h1-7,11H,8-9H2,(H2,21,22,25). The van der Waals surface area contributed by atoms with Gasteiger partial charge in [-0.05, 0) is 36.4 Å². The molecule has 3 rings (SSSR count). The molecule has 0 bridgehead atoms. The second-order valence-corrected chi connectivity index (χ2v) is 6.37. The van der Waals surface area contributed by atoms with Gasteiger partial charge in [-0.1, -0.05) is 29.3 Å². The topological polar surface area (TPSA) is 61.4 Å². The Morgan fingerprint density at radius 2 is 1.88 bits per heavy atom. The maximum absolute atomic E-state index is 13.0. The summed E-state index contributed by atoms with van der Waals surface area (Å²) in [6, 6.07) is 9.69. The summed E-state index contributed by atoms with van der Waals surface area (Å²) in [6.07, 6.45) is 0.161. The number of hydrogen-bond acceptors (Lipinski definition) is 2. The molecule has 1 fully saturated rings. The van der Waals surface area contributed by atoms with Gasteiger partial charge in [-0.25, -0.2) is 9.18 Å². The largest absolute Gasteiger partial charge is 0.333 e. The maximum Gasteiger partial charge on any atom is 0.319 e. The minimum absolute atomic E-state index is 0.141. The maximum atomic E-state index is 13.0. The lowest BCUT2D eigenvalue weighted by molar-refractivity contribution is -0.117. The molecule has 0 spiro atoms. The Hall–Kier alpha value is -2.31. The van der Waals surface area contributed by atoms with Crippen LogP contribution in [-0.4, -0.2) is 24.5 Å². The average Bonchev–Trinajstić information content (AvgIpc) is 2.93. The summed E-state index contributed by atoms with van der Waals surface area (Å²) in [6.45, 7) is 0.307. The van der Waals surface area contributed by atoms with Crippen molar-refractivity contribution < 1.29 is 14.0 Å². The van der Waals surface area contributed by atoms with E-state index in [9.17, 15) is 14.0 Å². The van der Waals surface area contributed by atoms with Gasteiger partial charge in [0.2, 0.25) is 5.91 Å². The third-order valence-corrected chi connectivity index (χ3v) is 4.62. The van der Waals surface area contributed by atoms with Gasteiger partial charge in [-0.2, -0.15) is 0 Å². The number of benzene rings is 2. The molecule has 2 aromatic carbocycles. The number of carbonyl (C=O) groups is 2. The molecule has 1 aliphatic heterocycles. The minimum Gasteiger partial charge on any atom is -0.333 e. The molecule has 0 aromatic heterocycles. The van der Waals surface area contributed by atoms with E-state index >= 15 is 0 Å². The fraction of sp³-hybridized carbons (Fsp3) is 0.176. The van der Waals surface area contributed by atoms with Gasteiger partial charge in [0.05, 0.1) is 21.8 Å².